The van der Waals surface area contributed by atoms with Crippen molar-refractivity contribution in [3.05, 3.63) is 388 Å². The molecule has 0 bridgehead atoms. The van der Waals surface area contributed by atoms with Gasteiger partial charge >= 0.3 is 0 Å². The molecule has 0 atom stereocenters. The van der Waals surface area contributed by atoms with Crippen molar-refractivity contribution in [3.63, 3.8) is 0 Å². The van der Waals surface area contributed by atoms with Gasteiger partial charge in [0.2, 0.25) is 0 Å². The normalized spacial score (nSPS) is 11.8. The first-order valence-electron chi connectivity index (χ1n) is 35.9. The topological polar surface area (TPSA) is 19.7 Å². The number of hydrogen-bond donors (Lipinski definition) is 0. The second kappa shape index (κ2) is 24.0. The summed E-state index contributed by atoms with van der Waals surface area (Å²) >= 11 is 0. The van der Waals surface area contributed by atoms with E-state index in [2.05, 4.69) is 407 Å². The summed E-state index contributed by atoms with van der Waals surface area (Å²) in [6.07, 6.45) is 0. The zero-order chi connectivity index (χ0) is 68.3. The van der Waals surface area contributed by atoms with Crippen LogP contribution < -0.4 is 0 Å². The van der Waals surface area contributed by atoms with E-state index in [1.54, 1.807) is 0 Å². The van der Waals surface area contributed by atoms with Crippen molar-refractivity contribution >= 4 is 130 Å². The third-order valence-corrected chi connectivity index (χ3v) is 21.8. The van der Waals surface area contributed by atoms with Crippen LogP contribution in [-0.2, 0) is 0 Å². The van der Waals surface area contributed by atoms with Crippen molar-refractivity contribution in [1.82, 2.24) is 18.3 Å². The smallest absolute Gasteiger partial charge is 0.0541 e. The van der Waals surface area contributed by atoms with Crippen molar-refractivity contribution < 1.29 is 0 Å². The van der Waals surface area contributed by atoms with E-state index in [0.717, 1.165) is 11.4 Å². The Kier molecular flexibility index (Phi) is 13.6. The minimum atomic E-state index is 1.16. The van der Waals surface area contributed by atoms with E-state index >= 15 is 0 Å². The van der Waals surface area contributed by atoms with Gasteiger partial charge in [-0.2, -0.15) is 0 Å². The molecule has 18 aromatic carbocycles. The SMILES string of the molecule is c1cc(-c2ccc(-n3c4ccccc4c4ccccc43)cc2)c2cc3cccc(-c4ccc(-n5c6ccccc6c6ccccc65)cc4)c3cc2c1.c1cc(-c2cccc3cc4c(-c5cccc(-n6c7ccccc7c7ccccc76)c5)cccc4cc23)cc(-n2c3ccccc3c3ccccc32)c1. The summed E-state index contributed by atoms with van der Waals surface area (Å²) in [5, 5.41) is 20.2. The summed E-state index contributed by atoms with van der Waals surface area (Å²) in [5.41, 5.74) is 24.3. The molecule has 0 N–H and O–H groups in total. The van der Waals surface area contributed by atoms with Crippen LogP contribution >= 0.6 is 0 Å². The Morgan fingerprint density at radius 3 is 0.587 bits per heavy atom. The summed E-state index contributed by atoms with van der Waals surface area (Å²) in [4.78, 5) is 0. The lowest BCUT2D eigenvalue weighted by atomic mass is 9.92. The zero-order valence-electron chi connectivity index (χ0n) is 56.7. The Morgan fingerprint density at radius 1 is 0.125 bits per heavy atom. The van der Waals surface area contributed by atoms with E-state index in [-0.39, 0.29) is 0 Å². The number of benzene rings is 18. The van der Waals surface area contributed by atoms with E-state index in [9.17, 15) is 0 Å². The molecule has 0 aliphatic rings. The lowest BCUT2D eigenvalue weighted by molar-refractivity contribution is 1.18. The van der Waals surface area contributed by atoms with Gasteiger partial charge in [0, 0.05) is 65.8 Å². The van der Waals surface area contributed by atoms with E-state index in [0.29, 0.717) is 0 Å². The maximum absolute atomic E-state index is 2.40. The summed E-state index contributed by atoms with van der Waals surface area (Å²) in [6, 6.07) is 142. The summed E-state index contributed by atoms with van der Waals surface area (Å²) in [5.74, 6) is 0. The second-order valence-corrected chi connectivity index (χ2v) is 27.5. The van der Waals surface area contributed by atoms with Gasteiger partial charge in [-0.25, -0.2) is 0 Å². The second-order valence-electron chi connectivity index (χ2n) is 27.5. The molecule has 0 spiro atoms. The molecule has 4 nitrogen and oxygen atoms in total. The molecular formula is C100H64N4. The van der Waals surface area contributed by atoms with Crippen molar-refractivity contribution in [2.24, 2.45) is 0 Å². The molecule has 22 aromatic rings. The molecule has 4 aromatic heterocycles. The molecule has 0 aliphatic carbocycles. The van der Waals surface area contributed by atoms with Crippen LogP contribution in [0.4, 0.5) is 0 Å². The highest BCUT2D eigenvalue weighted by Gasteiger charge is 2.20. The van der Waals surface area contributed by atoms with Crippen molar-refractivity contribution in [1.29, 1.82) is 0 Å². The number of rotatable bonds is 8. The van der Waals surface area contributed by atoms with Gasteiger partial charge in [-0.05, 0) is 209 Å². The fourth-order valence-corrected chi connectivity index (χ4v) is 17.1. The van der Waals surface area contributed by atoms with Gasteiger partial charge < -0.3 is 18.3 Å². The molecule has 0 saturated carbocycles. The Labute approximate surface area is 600 Å². The highest BCUT2D eigenvalue weighted by molar-refractivity contribution is 6.15. The van der Waals surface area contributed by atoms with Crippen LogP contribution in [0.3, 0.4) is 0 Å². The Bertz CT molecular complexity index is 6570. The van der Waals surface area contributed by atoms with Gasteiger partial charge in [-0.1, -0.05) is 267 Å². The predicted octanol–water partition coefficient (Wildman–Crippen LogP) is 27.0. The first kappa shape index (κ1) is 59.1. The van der Waals surface area contributed by atoms with Crippen LogP contribution in [0.1, 0.15) is 0 Å². The van der Waals surface area contributed by atoms with Crippen LogP contribution in [0.25, 0.3) is 198 Å². The highest BCUT2D eigenvalue weighted by atomic mass is 15.0. The van der Waals surface area contributed by atoms with Gasteiger partial charge in [-0.15, -0.1) is 0 Å². The van der Waals surface area contributed by atoms with Crippen LogP contribution in [0, 0.1) is 0 Å². The van der Waals surface area contributed by atoms with Crippen LogP contribution in [0.15, 0.2) is 388 Å². The van der Waals surface area contributed by atoms with Gasteiger partial charge in [0.05, 0.1) is 44.1 Å². The molecule has 4 heterocycles. The maximum Gasteiger partial charge on any atom is 0.0541 e. The largest absolute Gasteiger partial charge is 0.309 e. The predicted molar refractivity (Wildman–Crippen MR) is 442 cm³/mol. The molecule has 0 radical (unpaired) electrons. The van der Waals surface area contributed by atoms with E-state index in [1.807, 2.05) is 0 Å². The first-order chi connectivity index (χ1) is 51.6. The fraction of sp³-hybridized carbons (Fsp3) is 0. The standard InChI is InChI=1S/2C50H32N2/c1-5-25-47-41(19-1)42-20-2-6-26-48(42)51(47)37-17-9-13-33(29-37)39-23-11-15-35-32-46-36(31-45(35)39)16-12-24-40(46)34-14-10-18-38(30-34)52-49-27-7-3-21-43(49)44-22-4-8-28-50(44)52;1-5-19-47-41(13-1)42-14-2-6-20-48(42)51(47)37-27-23-33(24-28-37)39-17-9-11-35-32-46-36(31-45(35)39)12-10-18-40(46)34-25-29-38(30-26-34)52-49-21-7-3-15-43(49)44-16-4-8-22-50(44)52/h2*1-32H. The summed E-state index contributed by atoms with van der Waals surface area (Å²) in [6.45, 7) is 0. The molecule has 104 heavy (non-hydrogen) atoms. The molecule has 0 amide bonds. The molecular weight excluding hydrogens is 1260 g/mol. The molecule has 484 valence electrons. The van der Waals surface area contributed by atoms with Crippen LogP contribution in [0.5, 0.6) is 0 Å². The molecule has 0 aliphatic heterocycles. The maximum atomic E-state index is 2.40. The van der Waals surface area contributed by atoms with Gasteiger partial charge in [0.25, 0.3) is 0 Å². The zero-order valence-corrected chi connectivity index (χ0v) is 56.7. The number of aromatic nitrogens is 4. The van der Waals surface area contributed by atoms with Gasteiger partial charge in [0.1, 0.15) is 0 Å². The van der Waals surface area contributed by atoms with Crippen LogP contribution in [-0.4, -0.2) is 18.3 Å². The van der Waals surface area contributed by atoms with E-state index in [1.165, 1.54) is 186 Å². The Morgan fingerprint density at radius 2 is 0.337 bits per heavy atom. The van der Waals surface area contributed by atoms with Gasteiger partial charge in [-0.3, -0.25) is 0 Å². The third kappa shape index (κ3) is 9.46. The first-order valence-corrected chi connectivity index (χ1v) is 35.9. The fourth-order valence-electron chi connectivity index (χ4n) is 17.1. The minimum absolute atomic E-state index is 1.16. The lowest BCUT2D eigenvalue weighted by Gasteiger charge is -2.14. The highest BCUT2D eigenvalue weighted by Crippen LogP contribution is 2.43. The Hall–Kier alpha value is -13.8. The van der Waals surface area contributed by atoms with Gasteiger partial charge in [0.15, 0.2) is 0 Å². The monoisotopic (exact) mass is 1320 g/mol. The third-order valence-electron chi connectivity index (χ3n) is 21.8. The van der Waals surface area contributed by atoms with E-state index in [4.69, 9.17) is 0 Å². The number of nitrogens with zero attached hydrogens (tertiary/aromatic N) is 4. The quantitative estimate of drug-likeness (QED) is 0.135. The summed E-state index contributed by atoms with van der Waals surface area (Å²) < 4.78 is 9.55. The van der Waals surface area contributed by atoms with Crippen LogP contribution in [0.2, 0.25) is 0 Å². The Balaban J connectivity index is 0.000000134. The molecule has 0 fully saturated rings. The van der Waals surface area contributed by atoms with Crippen molar-refractivity contribution in [2.75, 3.05) is 0 Å². The molecule has 22 rings (SSSR count). The number of para-hydroxylation sites is 8. The molecule has 0 unspecified atom stereocenters. The average molecular weight is 1320 g/mol. The molecule has 4 heteroatoms. The van der Waals surface area contributed by atoms with Crippen molar-refractivity contribution in [3.8, 4) is 67.3 Å². The number of fused-ring (bicyclic) bond motifs is 16. The number of hydrogen-bond acceptors (Lipinski definition) is 0. The van der Waals surface area contributed by atoms with E-state index < -0.39 is 0 Å². The average Bonchev–Trinajstić information content (AvgIpc) is 1.35. The van der Waals surface area contributed by atoms with Crippen molar-refractivity contribution in [2.45, 2.75) is 0 Å². The summed E-state index contributed by atoms with van der Waals surface area (Å²) in [7, 11) is 0. The molecule has 0 saturated heterocycles. The lowest BCUT2D eigenvalue weighted by Crippen LogP contribution is -1.94. The minimum Gasteiger partial charge on any atom is -0.309 e.